The van der Waals surface area contributed by atoms with E-state index < -0.39 is 0 Å². The Balaban J connectivity index is 2.11. The van der Waals surface area contributed by atoms with Gasteiger partial charge in [-0.3, -0.25) is 0 Å². The average molecular weight is 143 g/mol. The lowest BCUT2D eigenvalue weighted by molar-refractivity contribution is 0.00739. The zero-order valence-corrected chi connectivity index (χ0v) is 6.68. The molecule has 2 N–H and O–H groups in total. The van der Waals surface area contributed by atoms with Crippen molar-refractivity contribution in [3.05, 3.63) is 0 Å². The molecule has 2 nitrogen and oxygen atoms in total. The summed E-state index contributed by atoms with van der Waals surface area (Å²) in [6.07, 6.45) is 5.92. The molecule has 0 aromatic heterocycles. The minimum Gasteiger partial charge on any atom is -0.374 e. The van der Waals surface area contributed by atoms with Crippen LogP contribution in [0.3, 0.4) is 0 Å². The van der Waals surface area contributed by atoms with Crippen molar-refractivity contribution < 1.29 is 4.74 Å². The second-order valence-electron chi connectivity index (χ2n) is 3.09. The zero-order valence-electron chi connectivity index (χ0n) is 6.68. The predicted molar refractivity (Wildman–Crippen MR) is 41.9 cm³/mol. The lowest BCUT2D eigenvalue weighted by Gasteiger charge is -2.16. The highest BCUT2D eigenvalue weighted by molar-refractivity contribution is 4.68. The summed E-state index contributed by atoms with van der Waals surface area (Å²) in [6, 6.07) is 0. The van der Waals surface area contributed by atoms with Gasteiger partial charge in [0, 0.05) is 6.54 Å². The summed E-state index contributed by atoms with van der Waals surface area (Å²) in [7, 11) is 0. The van der Waals surface area contributed by atoms with Crippen LogP contribution >= 0.6 is 0 Å². The number of nitrogens with two attached hydrogens (primary N) is 1. The predicted octanol–water partition coefficient (Wildman–Crippen LogP) is 1.29. The normalized spacial score (nSPS) is 23.4. The molecule has 1 aliphatic rings. The molecule has 0 saturated heterocycles. The molecule has 0 bridgehead atoms. The molecule has 2 heteroatoms. The fourth-order valence-corrected chi connectivity index (χ4v) is 1.41. The van der Waals surface area contributed by atoms with Gasteiger partial charge in [0.25, 0.3) is 0 Å². The highest BCUT2D eigenvalue weighted by Gasteiger charge is 2.16. The van der Waals surface area contributed by atoms with E-state index in [2.05, 4.69) is 0 Å². The standard InChI is InChI=1S/C8H17NO/c1-7(6-9)10-8-4-2-3-5-8/h7-8H,2-6,9H2,1H3. The average Bonchev–Trinajstić information content (AvgIpc) is 2.40. The van der Waals surface area contributed by atoms with E-state index in [4.69, 9.17) is 10.5 Å². The van der Waals surface area contributed by atoms with Crippen LogP contribution in [0, 0.1) is 0 Å². The Bertz CT molecular complexity index is 89.3. The molecule has 1 atom stereocenters. The molecule has 60 valence electrons. The molecule has 1 saturated carbocycles. The molecular weight excluding hydrogens is 126 g/mol. The Labute approximate surface area is 62.7 Å². The minimum atomic E-state index is 0.253. The van der Waals surface area contributed by atoms with Crippen LogP contribution in [0.15, 0.2) is 0 Å². The Morgan fingerprint density at radius 2 is 2.10 bits per heavy atom. The first kappa shape index (κ1) is 8.02. The third-order valence-corrected chi connectivity index (χ3v) is 2.06. The maximum Gasteiger partial charge on any atom is 0.0672 e. The molecule has 1 unspecified atom stereocenters. The van der Waals surface area contributed by atoms with Crippen molar-refractivity contribution in [2.45, 2.75) is 44.8 Å². The van der Waals surface area contributed by atoms with Crippen LogP contribution in [0.1, 0.15) is 32.6 Å². The van der Waals surface area contributed by atoms with Gasteiger partial charge in [-0.2, -0.15) is 0 Å². The van der Waals surface area contributed by atoms with Gasteiger partial charge in [0.2, 0.25) is 0 Å². The summed E-state index contributed by atoms with van der Waals surface area (Å²) in [5, 5.41) is 0. The first-order chi connectivity index (χ1) is 4.83. The van der Waals surface area contributed by atoms with Gasteiger partial charge >= 0.3 is 0 Å². The molecule has 1 fully saturated rings. The van der Waals surface area contributed by atoms with Crippen LogP contribution < -0.4 is 5.73 Å². The number of hydrogen-bond donors (Lipinski definition) is 1. The van der Waals surface area contributed by atoms with Gasteiger partial charge in [-0.05, 0) is 19.8 Å². The lowest BCUT2D eigenvalue weighted by atomic mass is 10.3. The van der Waals surface area contributed by atoms with Gasteiger partial charge in [0.15, 0.2) is 0 Å². The second kappa shape index (κ2) is 3.94. The molecule has 0 heterocycles. The van der Waals surface area contributed by atoms with E-state index in [1.807, 2.05) is 6.92 Å². The zero-order chi connectivity index (χ0) is 7.40. The Kier molecular flexibility index (Phi) is 3.16. The van der Waals surface area contributed by atoms with E-state index in [0.29, 0.717) is 12.6 Å². The van der Waals surface area contributed by atoms with Crippen molar-refractivity contribution in [2.24, 2.45) is 5.73 Å². The largest absolute Gasteiger partial charge is 0.374 e. The van der Waals surface area contributed by atoms with Gasteiger partial charge in [-0.15, -0.1) is 0 Å². The first-order valence-corrected chi connectivity index (χ1v) is 4.18. The molecule has 1 rings (SSSR count). The van der Waals surface area contributed by atoms with Crippen LogP contribution in [-0.4, -0.2) is 18.8 Å². The van der Waals surface area contributed by atoms with Gasteiger partial charge in [-0.1, -0.05) is 12.8 Å². The van der Waals surface area contributed by atoms with Crippen LogP contribution in [0.4, 0.5) is 0 Å². The molecule has 0 radical (unpaired) electrons. The highest BCUT2D eigenvalue weighted by atomic mass is 16.5. The summed E-state index contributed by atoms with van der Waals surface area (Å²) in [4.78, 5) is 0. The van der Waals surface area contributed by atoms with E-state index in [1.54, 1.807) is 0 Å². The van der Waals surface area contributed by atoms with Crippen LogP contribution in [0.5, 0.6) is 0 Å². The van der Waals surface area contributed by atoms with Crippen molar-refractivity contribution >= 4 is 0 Å². The Morgan fingerprint density at radius 3 is 2.60 bits per heavy atom. The monoisotopic (exact) mass is 143 g/mol. The van der Waals surface area contributed by atoms with Crippen LogP contribution in [0.2, 0.25) is 0 Å². The SMILES string of the molecule is CC(CN)OC1CCCC1. The second-order valence-corrected chi connectivity index (χ2v) is 3.09. The highest BCUT2D eigenvalue weighted by Crippen LogP contribution is 2.21. The first-order valence-electron chi connectivity index (χ1n) is 4.18. The minimum absolute atomic E-state index is 0.253. The van der Waals surface area contributed by atoms with Crippen molar-refractivity contribution in [3.63, 3.8) is 0 Å². The summed E-state index contributed by atoms with van der Waals surface area (Å²) >= 11 is 0. The lowest BCUT2D eigenvalue weighted by Crippen LogP contribution is -2.24. The fraction of sp³-hybridized carbons (Fsp3) is 1.00. The van der Waals surface area contributed by atoms with Crippen molar-refractivity contribution in [2.75, 3.05) is 6.54 Å². The van der Waals surface area contributed by atoms with E-state index in [9.17, 15) is 0 Å². The molecule has 0 aromatic carbocycles. The van der Waals surface area contributed by atoms with Crippen LogP contribution in [-0.2, 0) is 4.74 Å². The quantitative estimate of drug-likeness (QED) is 0.646. The molecule has 0 amide bonds. The summed E-state index contributed by atoms with van der Waals surface area (Å²) < 4.78 is 5.64. The van der Waals surface area contributed by atoms with E-state index in [-0.39, 0.29) is 6.10 Å². The third-order valence-electron chi connectivity index (χ3n) is 2.06. The van der Waals surface area contributed by atoms with E-state index in [0.717, 1.165) is 0 Å². The van der Waals surface area contributed by atoms with Gasteiger partial charge in [0.05, 0.1) is 12.2 Å². The van der Waals surface area contributed by atoms with Crippen molar-refractivity contribution in [1.29, 1.82) is 0 Å². The molecule has 0 aliphatic heterocycles. The summed E-state index contributed by atoms with van der Waals surface area (Å²) in [5.74, 6) is 0. The van der Waals surface area contributed by atoms with E-state index in [1.165, 1.54) is 25.7 Å². The fourth-order valence-electron chi connectivity index (χ4n) is 1.41. The number of ether oxygens (including phenoxy) is 1. The van der Waals surface area contributed by atoms with Crippen LogP contribution in [0.25, 0.3) is 0 Å². The number of hydrogen-bond acceptors (Lipinski definition) is 2. The Morgan fingerprint density at radius 1 is 1.50 bits per heavy atom. The number of rotatable bonds is 3. The van der Waals surface area contributed by atoms with Gasteiger partial charge < -0.3 is 10.5 Å². The topological polar surface area (TPSA) is 35.2 Å². The van der Waals surface area contributed by atoms with Gasteiger partial charge in [-0.25, -0.2) is 0 Å². The molecule has 10 heavy (non-hydrogen) atoms. The summed E-state index contributed by atoms with van der Waals surface area (Å²) in [6.45, 7) is 2.69. The maximum absolute atomic E-state index is 5.64. The smallest absolute Gasteiger partial charge is 0.0672 e. The maximum atomic E-state index is 5.64. The van der Waals surface area contributed by atoms with E-state index >= 15 is 0 Å². The van der Waals surface area contributed by atoms with Crippen molar-refractivity contribution in [1.82, 2.24) is 0 Å². The molecule has 1 aliphatic carbocycles. The van der Waals surface area contributed by atoms with Gasteiger partial charge in [0.1, 0.15) is 0 Å². The molecular formula is C8H17NO. The van der Waals surface area contributed by atoms with Crippen molar-refractivity contribution in [3.8, 4) is 0 Å². The Hall–Kier alpha value is -0.0800. The summed E-state index contributed by atoms with van der Waals surface area (Å²) in [5.41, 5.74) is 5.43. The third kappa shape index (κ3) is 2.27. The molecule has 0 spiro atoms. The molecule has 0 aromatic rings.